The SMILES string of the molecule is CC=O.CCCN(CCC)c1ccc(-c2cc(Nc3cccc(F)c3)nc(C3CCCN(C)C3)n2)cn1. The van der Waals surface area contributed by atoms with Crippen LogP contribution in [0.3, 0.4) is 0 Å². The summed E-state index contributed by atoms with van der Waals surface area (Å²) in [7, 11) is 2.14. The maximum atomic E-state index is 13.7. The lowest BCUT2D eigenvalue weighted by molar-refractivity contribution is -0.106. The van der Waals surface area contributed by atoms with Crippen molar-refractivity contribution in [1.29, 1.82) is 0 Å². The highest BCUT2D eigenvalue weighted by Gasteiger charge is 2.23. The molecular weight excluding hydrogens is 467 g/mol. The lowest BCUT2D eigenvalue weighted by atomic mass is 9.97. The number of piperidine rings is 1. The van der Waals surface area contributed by atoms with Gasteiger partial charge < -0.3 is 19.9 Å². The third-order valence-electron chi connectivity index (χ3n) is 6.18. The highest BCUT2D eigenvalue weighted by Crippen LogP contribution is 2.29. The third kappa shape index (κ3) is 8.32. The van der Waals surface area contributed by atoms with Gasteiger partial charge in [0.2, 0.25) is 0 Å². The number of halogens is 1. The molecule has 2 aromatic heterocycles. The second-order valence-corrected chi connectivity index (χ2v) is 9.36. The molecule has 198 valence electrons. The summed E-state index contributed by atoms with van der Waals surface area (Å²) in [6, 6.07) is 12.5. The van der Waals surface area contributed by atoms with Gasteiger partial charge >= 0.3 is 0 Å². The number of likely N-dealkylation sites (N-methyl/N-ethyl adjacent to an activating group) is 1. The van der Waals surface area contributed by atoms with Crippen LogP contribution in [0.4, 0.5) is 21.7 Å². The number of carbonyl (C=O) groups excluding carboxylic acids is 1. The van der Waals surface area contributed by atoms with Crippen LogP contribution in [0.2, 0.25) is 0 Å². The molecule has 1 aliphatic rings. The highest BCUT2D eigenvalue weighted by atomic mass is 19.1. The number of carbonyl (C=O) groups is 1. The van der Waals surface area contributed by atoms with E-state index in [0.29, 0.717) is 11.5 Å². The van der Waals surface area contributed by atoms with Crippen LogP contribution in [-0.4, -0.2) is 59.4 Å². The predicted molar refractivity (Wildman–Crippen MR) is 149 cm³/mol. The van der Waals surface area contributed by atoms with Gasteiger partial charge in [-0.1, -0.05) is 19.9 Å². The molecule has 0 radical (unpaired) electrons. The summed E-state index contributed by atoms with van der Waals surface area (Å²) < 4.78 is 13.7. The van der Waals surface area contributed by atoms with Crippen LogP contribution in [0.15, 0.2) is 48.7 Å². The predicted octanol–water partition coefficient (Wildman–Crippen LogP) is 6.06. The van der Waals surface area contributed by atoms with Gasteiger partial charge in [-0.3, -0.25) is 0 Å². The Bertz CT molecular complexity index is 1120. The fourth-order valence-corrected chi connectivity index (χ4v) is 4.56. The maximum Gasteiger partial charge on any atom is 0.135 e. The van der Waals surface area contributed by atoms with Crippen molar-refractivity contribution in [2.75, 3.05) is 43.4 Å². The van der Waals surface area contributed by atoms with Gasteiger partial charge in [0.25, 0.3) is 0 Å². The van der Waals surface area contributed by atoms with Crippen LogP contribution >= 0.6 is 0 Å². The van der Waals surface area contributed by atoms with Crippen molar-refractivity contribution in [3.05, 3.63) is 60.3 Å². The van der Waals surface area contributed by atoms with Gasteiger partial charge in [-0.15, -0.1) is 0 Å². The Balaban J connectivity index is 0.00000121. The highest BCUT2D eigenvalue weighted by molar-refractivity contribution is 5.66. The molecule has 0 aliphatic carbocycles. The summed E-state index contributed by atoms with van der Waals surface area (Å²) in [5.74, 6) is 2.47. The Morgan fingerprint density at radius 2 is 1.89 bits per heavy atom. The number of pyridine rings is 1. The molecule has 0 spiro atoms. The van der Waals surface area contributed by atoms with Gasteiger partial charge in [0.05, 0.1) is 5.69 Å². The first-order valence-corrected chi connectivity index (χ1v) is 13.2. The van der Waals surface area contributed by atoms with Gasteiger partial charge in [-0.05, 0) is 76.5 Å². The lowest BCUT2D eigenvalue weighted by Crippen LogP contribution is -2.31. The molecule has 0 amide bonds. The molecule has 8 heteroatoms. The summed E-state index contributed by atoms with van der Waals surface area (Å²) in [6.07, 6.45) is 7.02. The summed E-state index contributed by atoms with van der Waals surface area (Å²) in [5, 5.41) is 3.28. The maximum absolute atomic E-state index is 13.7. The number of benzene rings is 1. The number of nitrogens with one attached hydrogen (secondary N) is 1. The van der Waals surface area contributed by atoms with Crippen molar-refractivity contribution < 1.29 is 9.18 Å². The van der Waals surface area contributed by atoms with E-state index < -0.39 is 0 Å². The first kappa shape index (κ1) is 28.2. The summed E-state index contributed by atoms with van der Waals surface area (Å²) in [4.78, 5) is 28.0. The number of hydrogen-bond donors (Lipinski definition) is 1. The second kappa shape index (κ2) is 14.4. The van der Waals surface area contributed by atoms with Crippen LogP contribution in [-0.2, 0) is 4.79 Å². The van der Waals surface area contributed by atoms with Crippen LogP contribution in [0.5, 0.6) is 0 Å². The Morgan fingerprint density at radius 1 is 1.14 bits per heavy atom. The molecule has 37 heavy (non-hydrogen) atoms. The zero-order valence-corrected chi connectivity index (χ0v) is 22.5. The minimum atomic E-state index is -0.281. The van der Waals surface area contributed by atoms with Crippen LogP contribution < -0.4 is 10.2 Å². The smallest absolute Gasteiger partial charge is 0.135 e. The van der Waals surface area contributed by atoms with E-state index in [0.717, 1.165) is 81.0 Å². The van der Waals surface area contributed by atoms with E-state index >= 15 is 0 Å². The van der Waals surface area contributed by atoms with Gasteiger partial charge in [-0.2, -0.15) is 0 Å². The molecule has 4 rings (SSSR count). The number of nitrogens with zero attached hydrogens (tertiary/aromatic N) is 5. The summed E-state index contributed by atoms with van der Waals surface area (Å²) in [5.41, 5.74) is 2.44. The Hall–Kier alpha value is -3.39. The number of anilines is 3. The fourth-order valence-electron chi connectivity index (χ4n) is 4.56. The van der Waals surface area contributed by atoms with E-state index in [1.165, 1.54) is 19.1 Å². The number of likely N-dealkylation sites (tertiary alicyclic amines) is 1. The zero-order valence-electron chi connectivity index (χ0n) is 22.5. The van der Waals surface area contributed by atoms with E-state index in [9.17, 15) is 4.39 Å². The van der Waals surface area contributed by atoms with Crippen molar-refractivity contribution in [3.63, 3.8) is 0 Å². The lowest BCUT2D eigenvalue weighted by Gasteiger charge is -2.29. The fraction of sp³-hybridized carbons (Fsp3) is 0.448. The molecule has 1 fully saturated rings. The van der Waals surface area contributed by atoms with E-state index in [-0.39, 0.29) is 11.7 Å². The molecule has 1 aliphatic heterocycles. The molecule has 0 saturated carbocycles. The number of aromatic nitrogens is 3. The molecule has 7 nitrogen and oxygen atoms in total. The average Bonchev–Trinajstić information content (AvgIpc) is 2.89. The molecule has 1 unspecified atom stereocenters. The third-order valence-corrected chi connectivity index (χ3v) is 6.18. The minimum absolute atomic E-state index is 0.267. The molecule has 0 bridgehead atoms. The zero-order chi connectivity index (χ0) is 26.6. The minimum Gasteiger partial charge on any atom is -0.357 e. The average molecular weight is 507 g/mol. The van der Waals surface area contributed by atoms with Crippen LogP contribution in [0, 0.1) is 5.82 Å². The Labute approximate surface area is 220 Å². The number of aldehydes is 1. The molecule has 1 atom stereocenters. The topological polar surface area (TPSA) is 74.2 Å². The van der Waals surface area contributed by atoms with Crippen LogP contribution in [0.25, 0.3) is 11.3 Å². The van der Waals surface area contributed by atoms with E-state index in [4.69, 9.17) is 19.7 Å². The van der Waals surface area contributed by atoms with E-state index in [1.54, 1.807) is 6.07 Å². The summed E-state index contributed by atoms with van der Waals surface area (Å²) >= 11 is 0. The largest absolute Gasteiger partial charge is 0.357 e. The van der Waals surface area contributed by atoms with Gasteiger partial charge in [0.15, 0.2) is 0 Å². The monoisotopic (exact) mass is 506 g/mol. The van der Waals surface area contributed by atoms with Crippen molar-refractivity contribution in [1.82, 2.24) is 19.9 Å². The first-order chi connectivity index (χ1) is 18.0. The molecule has 1 saturated heterocycles. The van der Waals surface area contributed by atoms with Crippen molar-refractivity contribution in [2.45, 2.75) is 52.4 Å². The van der Waals surface area contributed by atoms with Crippen molar-refractivity contribution in [3.8, 4) is 11.3 Å². The Kier molecular flexibility index (Phi) is 11.0. The van der Waals surface area contributed by atoms with Gasteiger partial charge in [0.1, 0.15) is 29.6 Å². The van der Waals surface area contributed by atoms with Crippen molar-refractivity contribution in [2.24, 2.45) is 0 Å². The number of rotatable bonds is 9. The van der Waals surface area contributed by atoms with Crippen molar-refractivity contribution >= 4 is 23.6 Å². The van der Waals surface area contributed by atoms with E-state index in [1.807, 2.05) is 18.3 Å². The molecule has 1 aromatic carbocycles. The second-order valence-electron chi connectivity index (χ2n) is 9.36. The summed E-state index contributed by atoms with van der Waals surface area (Å²) in [6.45, 7) is 9.85. The first-order valence-electron chi connectivity index (χ1n) is 13.2. The normalized spacial score (nSPS) is 15.4. The van der Waals surface area contributed by atoms with Crippen LogP contribution in [0.1, 0.15) is 58.2 Å². The Morgan fingerprint density at radius 3 is 2.51 bits per heavy atom. The number of hydrogen-bond acceptors (Lipinski definition) is 7. The van der Waals surface area contributed by atoms with Gasteiger partial charge in [0, 0.05) is 49.1 Å². The molecule has 1 N–H and O–H groups in total. The molecular formula is C29H39FN6O. The molecule has 3 aromatic rings. The molecule has 3 heterocycles. The van der Waals surface area contributed by atoms with Gasteiger partial charge in [-0.25, -0.2) is 19.3 Å². The van der Waals surface area contributed by atoms with E-state index in [2.05, 4.69) is 48.1 Å². The quantitative estimate of drug-likeness (QED) is 0.354. The standard InChI is InChI=1S/C27H35FN6.C2H4O/c1-4-13-34(14-5-2)26-12-11-20(18-29-26)24-17-25(30-23-10-6-9-22(28)16-23)32-27(31-24)21-8-7-15-33(3)19-21;1-2-3/h6,9-12,16-18,21H,4-5,7-8,13-15,19H2,1-3H3,(H,30,31,32);2H,1H3.